The molecule has 0 heterocycles. The lowest BCUT2D eigenvalue weighted by Crippen LogP contribution is -1.84. The maximum absolute atomic E-state index is 9.94. The molecule has 1 nitrogen and oxygen atoms in total. The molecule has 0 rings (SSSR count). The van der Waals surface area contributed by atoms with Gasteiger partial charge in [0, 0.05) is 6.42 Å². The Morgan fingerprint density at radius 3 is 2.50 bits per heavy atom. The van der Waals surface area contributed by atoms with Crippen LogP contribution in [-0.4, -0.2) is 5.78 Å². The Morgan fingerprint density at radius 2 is 2.50 bits per heavy atom. The first-order valence-electron chi connectivity index (χ1n) is 1.80. The number of carbonyl (C=O) groups excluding carboxylic acids is 1. The van der Waals surface area contributed by atoms with Gasteiger partial charge in [-0.05, 0) is 5.92 Å². The van der Waals surface area contributed by atoms with E-state index in [0.717, 1.165) is 0 Å². The van der Waals surface area contributed by atoms with Crippen LogP contribution in [-0.2, 0) is 4.79 Å². The molecule has 0 aliphatic rings. The zero-order valence-corrected chi connectivity index (χ0v) is 3.69. The normalized spacial score (nSPS) is 6.67. The van der Waals surface area contributed by atoms with Crippen molar-refractivity contribution in [3.8, 4) is 12.3 Å². The van der Waals surface area contributed by atoms with E-state index in [4.69, 9.17) is 0 Å². The second kappa shape index (κ2) is 2.47. The first-order valence-corrected chi connectivity index (χ1v) is 1.80. The third-order valence-electron chi connectivity index (χ3n) is 0.482. The average Bonchev–Trinajstić information content (AvgIpc) is 1.65. The Labute approximate surface area is 37.4 Å². The molecule has 0 spiro atoms. The molecule has 0 aromatic rings. The van der Waals surface area contributed by atoms with Crippen molar-refractivity contribution in [1.29, 1.82) is 0 Å². The predicted octanol–water partition coefficient (Wildman–Crippen LogP) is 0.599. The van der Waals surface area contributed by atoms with Crippen molar-refractivity contribution in [2.45, 2.75) is 13.3 Å². The minimum Gasteiger partial charge on any atom is -0.285 e. The maximum Gasteiger partial charge on any atom is 0.204 e. The minimum absolute atomic E-state index is 0.130. The summed E-state index contributed by atoms with van der Waals surface area (Å²) in [5.41, 5.74) is 0. The molecule has 0 N–H and O–H groups in total. The van der Waals surface area contributed by atoms with Crippen LogP contribution in [0, 0.1) is 12.3 Å². The Balaban J connectivity index is 3.33. The fourth-order valence-electron chi connectivity index (χ4n) is 0.102. The number of rotatable bonds is 1. The number of hydrogen-bond acceptors (Lipinski definition) is 1. The lowest BCUT2D eigenvalue weighted by molar-refractivity contribution is -0.113. The van der Waals surface area contributed by atoms with Crippen molar-refractivity contribution in [2.75, 3.05) is 0 Å². The number of ketones is 1. The van der Waals surface area contributed by atoms with Crippen molar-refractivity contribution in [3.05, 3.63) is 0 Å². The van der Waals surface area contributed by atoms with Crippen LogP contribution in [0.4, 0.5) is 0 Å². The molecule has 32 valence electrons. The van der Waals surface area contributed by atoms with E-state index in [2.05, 4.69) is 6.42 Å². The van der Waals surface area contributed by atoms with Crippen LogP contribution in [0.25, 0.3) is 0 Å². The van der Waals surface area contributed by atoms with E-state index in [0.29, 0.717) is 6.42 Å². The van der Waals surface area contributed by atoms with E-state index in [9.17, 15) is 4.79 Å². The van der Waals surface area contributed by atoms with E-state index >= 15 is 0 Å². The van der Waals surface area contributed by atoms with Crippen LogP contribution in [0.2, 0.25) is 0 Å². The van der Waals surface area contributed by atoms with Gasteiger partial charge in [0.2, 0.25) is 5.78 Å². The summed E-state index contributed by atoms with van der Waals surface area (Å²) in [6.45, 7) is 1.74. The van der Waals surface area contributed by atoms with Crippen LogP contribution in [0.3, 0.4) is 0 Å². The third kappa shape index (κ3) is 1.54. The Hall–Kier alpha value is -0.770. The van der Waals surface area contributed by atoms with Gasteiger partial charge in [-0.25, -0.2) is 0 Å². The van der Waals surface area contributed by atoms with Gasteiger partial charge in [-0.1, -0.05) is 6.92 Å². The molecule has 0 atom stereocenters. The molecule has 0 saturated carbocycles. The van der Waals surface area contributed by atoms with E-state index in [1.54, 1.807) is 6.92 Å². The summed E-state index contributed by atoms with van der Waals surface area (Å²) in [6.07, 6.45) is 5.14. The summed E-state index contributed by atoms with van der Waals surface area (Å²) in [6, 6.07) is 0. The van der Waals surface area contributed by atoms with E-state index in [-0.39, 0.29) is 5.78 Å². The highest BCUT2D eigenvalue weighted by Crippen LogP contribution is 1.72. The fourth-order valence-corrected chi connectivity index (χ4v) is 0.102. The number of Topliss-reactive ketones (excluding diaryl/α,β-unsaturated/α-hetero) is 1. The summed E-state index contributed by atoms with van der Waals surface area (Å²) in [5.74, 6) is 1.85. The van der Waals surface area contributed by atoms with Crippen LogP contribution in [0.1, 0.15) is 13.3 Å². The van der Waals surface area contributed by atoms with E-state index < -0.39 is 0 Å². The molecule has 0 aliphatic heterocycles. The smallest absolute Gasteiger partial charge is 0.204 e. The molecule has 0 bridgehead atoms. The zero-order chi connectivity index (χ0) is 4.99. The highest BCUT2D eigenvalue weighted by Gasteiger charge is 1.82. The molecule has 0 saturated heterocycles. The largest absolute Gasteiger partial charge is 0.285 e. The number of terminal acetylenes is 1. The summed E-state index contributed by atoms with van der Waals surface area (Å²) < 4.78 is 0. The van der Waals surface area contributed by atoms with Crippen LogP contribution < -0.4 is 0 Å². The zero-order valence-electron chi connectivity index (χ0n) is 3.69. The second-order valence-electron chi connectivity index (χ2n) is 0.921. The van der Waals surface area contributed by atoms with E-state index in [1.807, 2.05) is 5.92 Å². The minimum atomic E-state index is -0.130. The maximum atomic E-state index is 9.94. The molecule has 0 unspecified atom stereocenters. The molecule has 0 amide bonds. The van der Waals surface area contributed by atoms with E-state index in [1.165, 1.54) is 0 Å². The molecule has 0 radical (unpaired) electrons. The van der Waals surface area contributed by atoms with Crippen molar-refractivity contribution < 1.29 is 4.79 Å². The van der Waals surface area contributed by atoms with Crippen LogP contribution in [0.5, 0.6) is 0 Å². The van der Waals surface area contributed by atoms with Gasteiger partial charge in [0.1, 0.15) is 0 Å². The Kier molecular flexibility index (Phi) is 2.15. The molecule has 0 aliphatic carbocycles. The van der Waals surface area contributed by atoms with Gasteiger partial charge in [0.25, 0.3) is 0 Å². The van der Waals surface area contributed by atoms with Gasteiger partial charge < -0.3 is 0 Å². The molecule has 0 aromatic carbocycles. The Bertz CT molecular complexity index is 86.6. The molecular formula is C5H6O. The summed E-state index contributed by atoms with van der Waals surface area (Å²) in [4.78, 5) is 9.94. The molecular weight excluding hydrogens is 76.1 g/mol. The summed E-state index contributed by atoms with van der Waals surface area (Å²) in [7, 11) is 0. The second-order valence-corrected chi connectivity index (χ2v) is 0.921. The lowest BCUT2D eigenvalue weighted by Gasteiger charge is -1.71. The monoisotopic (exact) mass is 82.0 g/mol. The van der Waals surface area contributed by atoms with Crippen molar-refractivity contribution >= 4 is 5.78 Å². The first-order chi connectivity index (χ1) is 2.81. The van der Waals surface area contributed by atoms with Crippen molar-refractivity contribution in [3.63, 3.8) is 0 Å². The molecule has 0 aromatic heterocycles. The topological polar surface area (TPSA) is 17.1 Å². The SMILES string of the molecule is C#CC(=O)CC. The third-order valence-corrected chi connectivity index (χ3v) is 0.482. The Morgan fingerprint density at radius 1 is 2.00 bits per heavy atom. The van der Waals surface area contributed by atoms with Gasteiger partial charge >= 0.3 is 0 Å². The molecule has 0 fully saturated rings. The molecule has 1 heteroatoms. The number of carbonyl (C=O) groups is 1. The molecule has 6 heavy (non-hydrogen) atoms. The lowest BCUT2D eigenvalue weighted by atomic mass is 10.3. The van der Waals surface area contributed by atoms with Crippen LogP contribution >= 0.6 is 0 Å². The fraction of sp³-hybridized carbons (Fsp3) is 0.400. The van der Waals surface area contributed by atoms with Crippen LogP contribution in [0.15, 0.2) is 0 Å². The van der Waals surface area contributed by atoms with Gasteiger partial charge in [-0.3, -0.25) is 4.79 Å². The summed E-state index contributed by atoms with van der Waals surface area (Å²) >= 11 is 0. The average molecular weight is 82.1 g/mol. The van der Waals surface area contributed by atoms with Gasteiger partial charge in [-0.15, -0.1) is 6.42 Å². The van der Waals surface area contributed by atoms with Gasteiger partial charge in [0.15, 0.2) is 0 Å². The highest BCUT2D eigenvalue weighted by molar-refractivity contribution is 5.94. The highest BCUT2D eigenvalue weighted by atomic mass is 16.1. The van der Waals surface area contributed by atoms with Gasteiger partial charge in [-0.2, -0.15) is 0 Å². The van der Waals surface area contributed by atoms with Gasteiger partial charge in [0.05, 0.1) is 0 Å². The summed E-state index contributed by atoms with van der Waals surface area (Å²) in [5, 5.41) is 0. The predicted molar refractivity (Wildman–Crippen MR) is 24.1 cm³/mol. The standard InChI is InChI=1S/C5H6O/c1-3-5(6)4-2/h1H,4H2,2H3. The number of hydrogen-bond donors (Lipinski definition) is 0. The quantitative estimate of drug-likeness (QED) is 0.334. The van der Waals surface area contributed by atoms with Crippen molar-refractivity contribution in [2.24, 2.45) is 0 Å². The van der Waals surface area contributed by atoms with Crippen molar-refractivity contribution in [1.82, 2.24) is 0 Å². The first kappa shape index (κ1) is 5.23.